The van der Waals surface area contributed by atoms with Gasteiger partial charge in [-0.25, -0.2) is 0 Å². The molecule has 0 fully saturated rings. The van der Waals surface area contributed by atoms with Crippen molar-refractivity contribution in [2.24, 2.45) is 10.2 Å². The Kier molecular flexibility index (Phi) is 6.98. The molecule has 4 heteroatoms. The van der Waals surface area contributed by atoms with Crippen molar-refractivity contribution in [3.63, 3.8) is 0 Å². The van der Waals surface area contributed by atoms with Crippen LogP contribution in [0.4, 0.5) is 0 Å². The minimum atomic E-state index is -0.965. The maximum atomic E-state index is 11.1. The summed E-state index contributed by atoms with van der Waals surface area (Å²) < 4.78 is 0. The van der Waals surface area contributed by atoms with E-state index in [1.807, 2.05) is 121 Å². The number of rotatable bonds is 7. The number of aliphatic hydroxyl groups excluding tert-OH is 2. The maximum Gasteiger partial charge on any atom is 0.123 e. The third kappa shape index (κ3) is 5.06. The lowest BCUT2D eigenvalue weighted by Gasteiger charge is -2.16. The van der Waals surface area contributed by atoms with Gasteiger partial charge in [0.25, 0.3) is 0 Å². The van der Waals surface area contributed by atoms with Crippen LogP contribution < -0.4 is 0 Å². The van der Waals surface area contributed by atoms with Crippen LogP contribution in [0.1, 0.15) is 34.5 Å². The zero-order chi connectivity index (χ0) is 22.2. The molecule has 158 valence electrons. The molecule has 0 amide bonds. The first-order valence-corrected chi connectivity index (χ1v) is 10.5. The fourth-order valence-electron chi connectivity index (χ4n) is 3.45. The third-order valence-corrected chi connectivity index (χ3v) is 5.15. The van der Waals surface area contributed by atoms with Gasteiger partial charge in [-0.2, -0.15) is 10.2 Å². The van der Waals surface area contributed by atoms with E-state index in [2.05, 4.69) is 10.2 Å². The largest absolute Gasteiger partial charge is 0.382 e. The normalized spacial score (nSPS) is 14.1. The van der Waals surface area contributed by atoms with Crippen molar-refractivity contribution in [2.45, 2.75) is 12.2 Å². The van der Waals surface area contributed by atoms with Gasteiger partial charge in [0.05, 0.1) is 0 Å². The number of hydrogen-bond acceptors (Lipinski definition) is 4. The van der Waals surface area contributed by atoms with E-state index in [0.29, 0.717) is 11.4 Å². The highest BCUT2D eigenvalue weighted by Gasteiger charge is 2.20. The molecule has 4 aromatic carbocycles. The van der Waals surface area contributed by atoms with Crippen molar-refractivity contribution in [3.8, 4) is 0 Å². The molecule has 4 nitrogen and oxygen atoms in total. The number of hydrogen-bond donors (Lipinski definition) is 2. The predicted molar refractivity (Wildman–Crippen MR) is 129 cm³/mol. The van der Waals surface area contributed by atoms with Gasteiger partial charge in [0, 0.05) is 11.1 Å². The lowest BCUT2D eigenvalue weighted by atomic mass is 9.99. The highest BCUT2D eigenvalue weighted by molar-refractivity contribution is 6.07. The SMILES string of the molecule is O[C@H](/C(=N/N=C(\c1ccccc1)[C@@H](O)c1ccccc1)c1ccccc1)c1ccccc1. The first-order valence-electron chi connectivity index (χ1n) is 10.5. The molecule has 4 rings (SSSR count). The van der Waals surface area contributed by atoms with Crippen molar-refractivity contribution < 1.29 is 10.2 Å². The quantitative estimate of drug-likeness (QED) is 0.313. The highest BCUT2D eigenvalue weighted by atomic mass is 16.3. The second kappa shape index (κ2) is 10.4. The zero-order valence-corrected chi connectivity index (χ0v) is 17.5. The lowest BCUT2D eigenvalue weighted by molar-refractivity contribution is 0.245. The molecule has 4 aromatic rings. The molecule has 0 heterocycles. The molecule has 0 saturated heterocycles. The topological polar surface area (TPSA) is 65.2 Å². The maximum absolute atomic E-state index is 11.1. The minimum Gasteiger partial charge on any atom is -0.382 e. The van der Waals surface area contributed by atoms with Gasteiger partial charge < -0.3 is 10.2 Å². The van der Waals surface area contributed by atoms with Gasteiger partial charge in [-0.05, 0) is 11.1 Å². The Labute approximate surface area is 187 Å². The average Bonchev–Trinajstić information content (AvgIpc) is 2.88. The Balaban J connectivity index is 1.82. The number of nitrogens with zero attached hydrogens (tertiary/aromatic N) is 2. The van der Waals surface area contributed by atoms with Crippen LogP contribution in [0.3, 0.4) is 0 Å². The van der Waals surface area contributed by atoms with E-state index < -0.39 is 12.2 Å². The van der Waals surface area contributed by atoms with Crippen LogP contribution in [0.2, 0.25) is 0 Å². The molecular formula is C28H24N2O2. The summed E-state index contributed by atoms with van der Waals surface area (Å²) in [6, 6.07) is 37.6. The summed E-state index contributed by atoms with van der Waals surface area (Å²) in [6.07, 6.45) is -1.93. The smallest absolute Gasteiger partial charge is 0.123 e. The number of benzene rings is 4. The Bertz CT molecular complexity index is 1080. The Morgan fingerprint density at radius 1 is 0.438 bits per heavy atom. The van der Waals surface area contributed by atoms with Crippen LogP contribution >= 0.6 is 0 Å². The molecule has 2 N–H and O–H groups in total. The molecule has 0 aliphatic rings. The van der Waals surface area contributed by atoms with Crippen molar-refractivity contribution >= 4 is 11.4 Å². The molecular weight excluding hydrogens is 396 g/mol. The van der Waals surface area contributed by atoms with Gasteiger partial charge in [0.2, 0.25) is 0 Å². The molecule has 0 bridgehead atoms. The Morgan fingerprint density at radius 3 is 1.03 bits per heavy atom. The molecule has 32 heavy (non-hydrogen) atoms. The van der Waals surface area contributed by atoms with Gasteiger partial charge in [0.1, 0.15) is 23.6 Å². The highest BCUT2D eigenvalue weighted by Crippen LogP contribution is 2.22. The van der Waals surface area contributed by atoms with Gasteiger partial charge >= 0.3 is 0 Å². The van der Waals surface area contributed by atoms with Gasteiger partial charge in [0.15, 0.2) is 0 Å². The second-order valence-corrected chi connectivity index (χ2v) is 7.33. The van der Waals surface area contributed by atoms with Crippen LogP contribution in [0.25, 0.3) is 0 Å². The van der Waals surface area contributed by atoms with Crippen LogP contribution in [0.5, 0.6) is 0 Å². The third-order valence-electron chi connectivity index (χ3n) is 5.15. The first-order chi connectivity index (χ1) is 15.7. The van der Waals surface area contributed by atoms with Gasteiger partial charge in [-0.15, -0.1) is 0 Å². The molecule has 2 atom stereocenters. The fraction of sp³-hybridized carbons (Fsp3) is 0.0714. The molecule has 0 aliphatic carbocycles. The molecule has 0 unspecified atom stereocenters. The fourth-order valence-corrected chi connectivity index (χ4v) is 3.45. The zero-order valence-electron chi connectivity index (χ0n) is 17.5. The summed E-state index contributed by atoms with van der Waals surface area (Å²) in [7, 11) is 0. The van der Waals surface area contributed by atoms with E-state index in [-0.39, 0.29) is 0 Å². The van der Waals surface area contributed by atoms with E-state index >= 15 is 0 Å². The molecule has 0 aromatic heterocycles. The minimum absolute atomic E-state index is 0.408. The summed E-state index contributed by atoms with van der Waals surface area (Å²) in [5, 5.41) is 31.2. The van der Waals surface area contributed by atoms with E-state index in [9.17, 15) is 10.2 Å². The lowest BCUT2D eigenvalue weighted by Crippen LogP contribution is -2.16. The van der Waals surface area contributed by atoms with E-state index in [1.54, 1.807) is 0 Å². The van der Waals surface area contributed by atoms with Gasteiger partial charge in [-0.1, -0.05) is 121 Å². The molecule has 0 aliphatic heterocycles. The van der Waals surface area contributed by atoms with Crippen LogP contribution in [-0.2, 0) is 0 Å². The average molecular weight is 421 g/mol. The standard InChI is InChI=1S/C28H24N2O2/c31-27(23-17-9-3-10-18-23)25(21-13-5-1-6-14-21)29-30-26(22-15-7-2-8-16-22)28(32)24-19-11-4-12-20-24/h1-20,27-28,31-32H/b29-25+,30-26+/t27-,28-/m0/s1. The summed E-state index contributed by atoms with van der Waals surface area (Å²) in [5.74, 6) is 0. The molecule has 0 spiro atoms. The predicted octanol–water partition coefficient (Wildman–Crippen LogP) is 5.35. The van der Waals surface area contributed by atoms with E-state index in [4.69, 9.17) is 0 Å². The summed E-state index contributed by atoms with van der Waals surface area (Å²) in [4.78, 5) is 0. The van der Waals surface area contributed by atoms with Crippen molar-refractivity contribution in [1.29, 1.82) is 0 Å². The van der Waals surface area contributed by atoms with Crippen molar-refractivity contribution in [2.75, 3.05) is 0 Å². The molecule has 0 radical (unpaired) electrons. The van der Waals surface area contributed by atoms with Crippen molar-refractivity contribution in [1.82, 2.24) is 0 Å². The monoisotopic (exact) mass is 420 g/mol. The molecule has 0 saturated carbocycles. The van der Waals surface area contributed by atoms with Crippen LogP contribution in [0.15, 0.2) is 132 Å². The summed E-state index contributed by atoms with van der Waals surface area (Å²) >= 11 is 0. The van der Waals surface area contributed by atoms with Crippen molar-refractivity contribution in [3.05, 3.63) is 144 Å². The summed E-state index contributed by atoms with van der Waals surface area (Å²) in [6.45, 7) is 0. The second-order valence-electron chi connectivity index (χ2n) is 7.33. The number of aliphatic hydroxyl groups is 2. The van der Waals surface area contributed by atoms with E-state index in [0.717, 1.165) is 22.3 Å². The first kappa shape index (κ1) is 21.4. The van der Waals surface area contributed by atoms with E-state index in [1.165, 1.54) is 0 Å². The van der Waals surface area contributed by atoms with Gasteiger partial charge in [-0.3, -0.25) is 0 Å². The Hall–Kier alpha value is -3.86. The van der Waals surface area contributed by atoms with Crippen LogP contribution in [-0.4, -0.2) is 21.6 Å². The van der Waals surface area contributed by atoms with Crippen LogP contribution in [0, 0.1) is 0 Å². The summed E-state index contributed by atoms with van der Waals surface area (Å²) in [5.41, 5.74) is 3.77. The Morgan fingerprint density at radius 2 is 0.719 bits per heavy atom.